The summed E-state index contributed by atoms with van der Waals surface area (Å²) in [5.41, 5.74) is 0.364. The fraction of sp³-hybridized carbons (Fsp3) is 0.273. The summed E-state index contributed by atoms with van der Waals surface area (Å²) >= 11 is 5.07. The molecule has 90 valence electrons. The van der Waals surface area contributed by atoms with Gasteiger partial charge in [-0.1, -0.05) is 0 Å². The SMILES string of the molecule is CC(C)n1c(-c2cc(F)cc(F)c2)n[nH]c1=S. The first-order valence-electron chi connectivity index (χ1n) is 5.12. The number of nitrogens with zero attached hydrogens (tertiary/aromatic N) is 2. The second-order valence-corrected chi connectivity index (χ2v) is 4.36. The van der Waals surface area contributed by atoms with Crippen molar-refractivity contribution in [1.29, 1.82) is 0 Å². The van der Waals surface area contributed by atoms with Gasteiger partial charge in [0.2, 0.25) is 0 Å². The Morgan fingerprint density at radius 3 is 2.35 bits per heavy atom. The summed E-state index contributed by atoms with van der Waals surface area (Å²) in [5.74, 6) is -0.836. The standard InChI is InChI=1S/C11H11F2N3S/c1-6(2)16-10(14-15-11(16)17)7-3-8(12)5-9(13)4-7/h3-6H,1-2H3,(H,15,17). The van der Waals surface area contributed by atoms with Crippen molar-refractivity contribution < 1.29 is 8.78 Å². The van der Waals surface area contributed by atoms with E-state index < -0.39 is 11.6 Å². The Morgan fingerprint density at radius 1 is 1.24 bits per heavy atom. The Labute approximate surface area is 102 Å². The van der Waals surface area contributed by atoms with Crippen LogP contribution in [0.15, 0.2) is 18.2 Å². The fourth-order valence-electron chi connectivity index (χ4n) is 1.67. The highest BCUT2D eigenvalue weighted by atomic mass is 32.1. The van der Waals surface area contributed by atoms with Crippen molar-refractivity contribution in [2.45, 2.75) is 19.9 Å². The van der Waals surface area contributed by atoms with Gasteiger partial charge in [-0.2, -0.15) is 5.10 Å². The largest absolute Gasteiger partial charge is 0.298 e. The van der Waals surface area contributed by atoms with Gasteiger partial charge in [-0.15, -0.1) is 0 Å². The monoisotopic (exact) mass is 255 g/mol. The van der Waals surface area contributed by atoms with Crippen LogP contribution in [0.1, 0.15) is 19.9 Å². The third kappa shape index (κ3) is 2.26. The van der Waals surface area contributed by atoms with Gasteiger partial charge in [0.25, 0.3) is 0 Å². The zero-order chi connectivity index (χ0) is 12.6. The number of aromatic nitrogens is 3. The summed E-state index contributed by atoms with van der Waals surface area (Å²) in [6.45, 7) is 3.84. The highest BCUT2D eigenvalue weighted by Gasteiger charge is 2.13. The lowest BCUT2D eigenvalue weighted by Gasteiger charge is -2.10. The van der Waals surface area contributed by atoms with Crippen LogP contribution in [0.3, 0.4) is 0 Å². The minimum Gasteiger partial charge on any atom is -0.298 e. The van der Waals surface area contributed by atoms with Crippen molar-refractivity contribution in [2.24, 2.45) is 0 Å². The second-order valence-electron chi connectivity index (χ2n) is 3.97. The van der Waals surface area contributed by atoms with Gasteiger partial charge in [0.05, 0.1) is 0 Å². The van der Waals surface area contributed by atoms with E-state index in [1.165, 1.54) is 12.1 Å². The number of hydrogen-bond acceptors (Lipinski definition) is 2. The van der Waals surface area contributed by atoms with Crippen LogP contribution >= 0.6 is 12.2 Å². The maximum atomic E-state index is 13.1. The molecule has 6 heteroatoms. The molecule has 0 amide bonds. The molecule has 1 heterocycles. The van der Waals surface area contributed by atoms with Crippen molar-refractivity contribution >= 4 is 12.2 Å². The highest BCUT2D eigenvalue weighted by Crippen LogP contribution is 2.22. The number of H-pyrrole nitrogens is 1. The first-order valence-corrected chi connectivity index (χ1v) is 5.53. The molecule has 17 heavy (non-hydrogen) atoms. The van der Waals surface area contributed by atoms with Crippen molar-refractivity contribution in [3.63, 3.8) is 0 Å². The van der Waals surface area contributed by atoms with E-state index in [0.29, 0.717) is 16.2 Å². The van der Waals surface area contributed by atoms with Gasteiger partial charge >= 0.3 is 0 Å². The molecule has 0 saturated carbocycles. The molecular formula is C11H11F2N3S. The number of benzene rings is 1. The second kappa shape index (κ2) is 4.37. The number of nitrogens with one attached hydrogen (secondary N) is 1. The van der Waals surface area contributed by atoms with E-state index in [9.17, 15) is 8.78 Å². The Hall–Kier alpha value is -1.56. The molecule has 0 atom stereocenters. The minimum atomic E-state index is -0.635. The van der Waals surface area contributed by atoms with Crippen molar-refractivity contribution in [3.05, 3.63) is 34.6 Å². The molecule has 1 N–H and O–H groups in total. The predicted molar refractivity (Wildman–Crippen MR) is 63.1 cm³/mol. The summed E-state index contributed by atoms with van der Waals surface area (Å²) in [5, 5.41) is 6.63. The predicted octanol–water partition coefficient (Wildman–Crippen LogP) is 3.47. The van der Waals surface area contributed by atoms with Crippen LogP contribution < -0.4 is 0 Å². The van der Waals surface area contributed by atoms with Crippen LogP contribution in [0.5, 0.6) is 0 Å². The van der Waals surface area contributed by atoms with Crippen LogP contribution in [-0.4, -0.2) is 14.8 Å². The van der Waals surface area contributed by atoms with Crippen LogP contribution in [-0.2, 0) is 0 Å². The Morgan fingerprint density at radius 2 is 1.82 bits per heavy atom. The number of halogens is 2. The Balaban J connectivity index is 2.64. The van der Waals surface area contributed by atoms with E-state index in [4.69, 9.17) is 12.2 Å². The van der Waals surface area contributed by atoms with Crippen LogP contribution in [0.2, 0.25) is 0 Å². The molecule has 0 radical (unpaired) electrons. The van der Waals surface area contributed by atoms with Gasteiger partial charge in [0, 0.05) is 17.7 Å². The first-order chi connectivity index (χ1) is 7.99. The average molecular weight is 255 g/mol. The summed E-state index contributed by atoms with van der Waals surface area (Å²) in [6, 6.07) is 3.34. The van der Waals surface area contributed by atoms with Gasteiger partial charge in [-0.25, -0.2) is 8.78 Å². The maximum Gasteiger partial charge on any atom is 0.195 e. The highest BCUT2D eigenvalue weighted by molar-refractivity contribution is 7.71. The van der Waals surface area contributed by atoms with Gasteiger partial charge < -0.3 is 0 Å². The molecule has 0 bridgehead atoms. The van der Waals surface area contributed by atoms with Crippen molar-refractivity contribution in [3.8, 4) is 11.4 Å². The van der Waals surface area contributed by atoms with Crippen LogP contribution in [0.25, 0.3) is 11.4 Å². The molecule has 2 rings (SSSR count). The lowest BCUT2D eigenvalue weighted by atomic mass is 10.2. The van der Waals surface area contributed by atoms with E-state index in [1.54, 1.807) is 4.57 Å². The third-order valence-electron chi connectivity index (χ3n) is 2.34. The first kappa shape index (κ1) is 11.9. The van der Waals surface area contributed by atoms with E-state index in [2.05, 4.69) is 10.2 Å². The normalized spacial score (nSPS) is 11.1. The summed E-state index contributed by atoms with van der Waals surface area (Å²) in [6.07, 6.45) is 0. The van der Waals surface area contributed by atoms with E-state index >= 15 is 0 Å². The summed E-state index contributed by atoms with van der Waals surface area (Å²) in [4.78, 5) is 0. The summed E-state index contributed by atoms with van der Waals surface area (Å²) in [7, 11) is 0. The molecule has 0 unspecified atom stereocenters. The Kier molecular flexibility index (Phi) is 3.06. The molecule has 3 nitrogen and oxygen atoms in total. The molecule has 0 aliphatic carbocycles. The van der Waals surface area contributed by atoms with Gasteiger partial charge in [0.1, 0.15) is 11.6 Å². The van der Waals surface area contributed by atoms with Gasteiger partial charge in [0.15, 0.2) is 10.6 Å². The smallest absolute Gasteiger partial charge is 0.195 e. The van der Waals surface area contributed by atoms with E-state index in [1.807, 2.05) is 13.8 Å². The lowest BCUT2D eigenvalue weighted by molar-refractivity contribution is 0.579. The molecule has 1 aromatic carbocycles. The summed E-state index contributed by atoms with van der Waals surface area (Å²) < 4.78 is 28.4. The molecule has 0 saturated heterocycles. The van der Waals surface area contributed by atoms with Crippen molar-refractivity contribution in [1.82, 2.24) is 14.8 Å². The molecular weight excluding hydrogens is 244 g/mol. The molecule has 0 fully saturated rings. The molecule has 0 aliphatic heterocycles. The molecule has 2 aromatic rings. The average Bonchev–Trinajstić information content (AvgIpc) is 2.58. The fourth-order valence-corrected chi connectivity index (χ4v) is 2.01. The number of hydrogen-bond donors (Lipinski definition) is 1. The topological polar surface area (TPSA) is 33.6 Å². The quantitative estimate of drug-likeness (QED) is 0.834. The zero-order valence-electron chi connectivity index (χ0n) is 9.37. The number of aromatic amines is 1. The van der Waals surface area contributed by atoms with E-state index in [0.717, 1.165) is 6.07 Å². The minimum absolute atomic E-state index is 0.0579. The van der Waals surface area contributed by atoms with Gasteiger partial charge in [-0.3, -0.25) is 9.67 Å². The maximum absolute atomic E-state index is 13.1. The molecule has 0 spiro atoms. The van der Waals surface area contributed by atoms with Crippen molar-refractivity contribution in [2.75, 3.05) is 0 Å². The third-order valence-corrected chi connectivity index (χ3v) is 2.63. The van der Waals surface area contributed by atoms with Crippen LogP contribution in [0.4, 0.5) is 8.78 Å². The van der Waals surface area contributed by atoms with Gasteiger partial charge in [-0.05, 0) is 38.2 Å². The Bertz CT molecular complexity index is 581. The molecule has 1 aromatic heterocycles. The van der Waals surface area contributed by atoms with E-state index in [-0.39, 0.29) is 6.04 Å². The molecule has 0 aliphatic rings. The zero-order valence-corrected chi connectivity index (χ0v) is 10.2. The number of rotatable bonds is 2. The lowest BCUT2D eigenvalue weighted by Crippen LogP contribution is -2.03. The van der Waals surface area contributed by atoms with Crippen LogP contribution in [0, 0.1) is 16.4 Å².